The smallest absolute Gasteiger partial charge is 0.165 e. The zero-order valence-electron chi connectivity index (χ0n) is 11.4. The van der Waals surface area contributed by atoms with Crippen molar-refractivity contribution in [2.75, 3.05) is 26.2 Å². The van der Waals surface area contributed by atoms with Crippen molar-refractivity contribution in [2.45, 2.75) is 20.8 Å². The highest BCUT2D eigenvalue weighted by Crippen LogP contribution is 2.00. The van der Waals surface area contributed by atoms with Crippen LogP contribution in [0.4, 0.5) is 0 Å². The average molecular weight is 271 g/mol. The number of quaternary nitrogens is 1. The molecule has 0 heterocycles. The van der Waals surface area contributed by atoms with Gasteiger partial charge < -0.3 is 22.1 Å². The van der Waals surface area contributed by atoms with E-state index in [9.17, 15) is 0 Å². The van der Waals surface area contributed by atoms with E-state index in [2.05, 4.69) is 19.0 Å². The first kappa shape index (κ1) is 16.9. The molecule has 0 unspecified atom stereocenters. The molecule has 0 aliphatic carbocycles. The molecule has 0 aliphatic heterocycles. The minimum Gasteiger partial charge on any atom is -1.00 e. The van der Waals surface area contributed by atoms with E-state index in [1.54, 1.807) is 0 Å². The molecule has 102 valence electrons. The van der Waals surface area contributed by atoms with Gasteiger partial charge in [0.05, 0.1) is 18.8 Å². The number of halogens is 1. The summed E-state index contributed by atoms with van der Waals surface area (Å²) in [6.07, 6.45) is 0. The predicted octanol–water partition coefficient (Wildman–Crippen LogP) is -1.64. The van der Waals surface area contributed by atoms with E-state index in [1.807, 2.05) is 37.3 Å². The molecule has 1 rings (SSSR count). The summed E-state index contributed by atoms with van der Waals surface area (Å²) in [5.41, 5.74) is 2.04. The Morgan fingerprint density at radius 2 is 1.78 bits per heavy atom. The fraction of sp³-hybridized carbons (Fsp3) is 0.500. The molecule has 0 spiro atoms. The molecule has 0 saturated carbocycles. The van der Waals surface area contributed by atoms with Crippen LogP contribution in [0, 0.1) is 0 Å². The van der Waals surface area contributed by atoms with E-state index in [0.29, 0.717) is 6.61 Å². The van der Waals surface area contributed by atoms with E-state index >= 15 is 0 Å². The second-order valence-corrected chi connectivity index (χ2v) is 4.08. The van der Waals surface area contributed by atoms with Crippen LogP contribution in [-0.4, -0.2) is 32.0 Å². The predicted molar refractivity (Wildman–Crippen MR) is 71.5 cm³/mol. The van der Waals surface area contributed by atoms with Crippen molar-refractivity contribution < 1.29 is 22.1 Å². The maximum Gasteiger partial charge on any atom is 0.165 e. The molecule has 1 N–H and O–H groups in total. The van der Waals surface area contributed by atoms with Crippen molar-refractivity contribution >= 4 is 5.71 Å². The second kappa shape index (κ2) is 9.92. The standard InChI is InChI=1S/C14H22N2O.ClH/c1-4-16(5-2)11-12-17-15-13(3)14-9-7-6-8-10-14;/h6-10H,4-5,11-12H2,1-3H3;1H/b15-13+;. The van der Waals surface area contributed by atoms with E-state index in [0.717, 1.165) is 30.9 Å². The maximum atomic E-state index is 5.35. The number of hydrogen-bond acceptors (Lipinski definition) is 2. The quantitative estimate of drug-likeness (QED) is 0.359. The Kier molecular flexibility index (Phi) is 9.33. The van der Waals surface area contributed by atoms with E-state index < -0.39 is 0 Å². The van der Waals surface area contributed by atoms with Crippen LogP contribution in [0.2, 0.25) is 0 Å². The van der Waals surface area contributed by atoms with Crippen LogP contribution in [0.15, 0.2) is 35.5 Å². The van der Waals surface area contributed by atoms with E-state index in [4.69, 9.17) is 4.84 Å². The van der Waals surface area contributed by atoms with Gasteiger partial charge in [-0.1, -0.05) is 35.5 Å². The van der Waals surface area contributed by atoms with Crippen molar-refractivity contribution in [3.63, 3.8) is 0 Å². The van der Waals surface area contributed by atoms with Crippen LogP contribution < -0.4 is 17.3 Å². The maximum absolute atomic E-state index is 5.35. The summed E-state index contributed by atoms with van der Waals surface area (Å²) in [5.74, 6) is 0. The van der Waals surface area contributed by atoms with Crippen LogP contribution in [-0.2, 0) is 4.84 Å². The van der Waals surface area contributed by atoms with Gasteiger partial charge in [0.1, 0.15) is 6.54 Å². The van der Waals surface area contributed by atoms with E-state index in [1.165, 1.54) is 4.90 Å². The molecule has 4 heteroatoms. The first-order valence-electron chi connectivity index (χ1n) is 6.33. The molecule has 0 fully saturated rings. The first-order chi connectivity index (χ1) is 8.27. The Hall–Kier alpha value is -1.06. The van der Waals surface area contributed by atoms with Gasteiger partial charge in [-0.15, -0.1) is 0 Å². The number of nitrogens with zero attached hydrogens (tertiary/aromatic N) is 1. The molecule has 0 radical (unpaired) electrons. The zero-order chi connectivity index (χ0) is 12.5. The van der Waals surface area contributed by atoms with Crippen LogP contribution in [0.1, 0.15) is 26.3 Å². The number of likely N-dealkylation sites (N-methyl/N-ethyl adjacent to an activating group) is 1. The van der Waals surface area contributed by atoms with Gasteiger partial charge in [0.25, 0.3) is 0 Å². The molecule has 0 atom stereocenters. The van der Waals surface area contributed by atoms with Gasteiger partial charge in [-0.2, -0.15) is 0 Å². The molecule has 0 bridgehead atoms. The highest BCUT2D eigenvalue weighted by Gasteiger charge is 2.01. The van der Waals surface area contributed by atoms with Gasteiger partial charge in [0.15, 0.2) is 6.61 Å². The molecule has 0 amide bonds. The Labute approximate surface area is 116 Å². The second-order valence-electron chi connectivity index (χ2n) is 4.08. The average Bonchev–Trinajstić information content (AvgIpc) is 2.40. The fourth-order valence-corrected chi connectivity index (χ4v) is 1.67. The van der Waals surface area contributed by atoms with Crippen LogP contribution in [0.5, 0.6) is 0 Å². The molecule has 0 aromatic heterocycles. The van der Waals surface area contributed by atoms with Gasteiger partial charge in [0, 0.05) is 0 Å². The van der Waals surface area contributed by atoms with Crippen molar-refractivity contribution in [3.05, 3.63) is 35.9 Å². The summed E-state index contributed by atoms with van der Waals surface area (Å²) in [6.45, 7) is 10.3. The third kappa shape index (κ3) is 6.03. The lowest BCUT2D eigenvalue weighted by atomic mass is 10.1. The summed E-state index contributed by atoms with van der Waals surface area (Å²) in [4.78, 5) is 6.89. The van der Waals surface area contributed by atoms with Gasteiger partial charge in [-0.25, -0.2) is 0 Å². The monoisotopic (exact) mass is 270 g/mol. The lowest BCUT2D eigenvalue weighted by Gasteiger charge is -2.14. The molecule has 3 nitrogen and oxygen atoms in total. The van der Waals surface area contributed by atoms with Gasteiger partial charge in [0.2, 0.25) is 0 Å². The van der Waals surface area contributed by atoms with E-state index in [-0.39, 0.29) is 12.4 Å². The van der Waals surface area contributed by atoms with Gasteiger partial charge >= 0.3 is 0 Å². The summed E-state index contributed by atoms with van der Waals surface area (Å²) < 4.78 is 0. The normalized spacial score (nSPS) is 11.2. The Balaban J connectivity index is 0.00000289. The summed E-state index contributed by atoms with van der Waals surface area (Å²) >= 11 is 0. The number of oxime groups is 1. The molecule has 1 aromatic carbocycles. The number of rotatable bonds is 7. The number of nitrogens with one attached hydrogen (secondary N) is 1. The van der Waals surface area contributed by atoms with Gasteiger partial charge in [-0.05, 0) is 26.3 Å². The van der Waals surface area contributed by atoms with Crippen molar-refractivity contribution in [1.29, 1.82) is 0 Å². The molecule has 0 saturated heterocycles. The molecular weight excluding hydrogens is 248 g/mol. The third-order valence-corrected chi connectivity index (χ3v) is 2.94. The van der Waals surface area contributed by atoms with Crippen LogP contribution >= 0.6 is 0 Å². The number of hydrogen-bond donors (Lipinski definition) is 1. The van der Waals surface area contributed by atoms with Crippen LogP contribution in [0.25, 0.3) is 0 Å². The minimum atomic E-state index is 0. The van der Waals surface area contributed by atoms with Crippen molar-refractivity contribution in [3.8, 4) is 0 Å². The summed E-state index contributed by atoms with van der Waals surface area (Å²) in [6, 6.07) is 10.1. The summed E-state index contributed by atoms with van der Waals surface area (Å²) in [7, 11) is 0. The zero-order valence-corrected chi connectivity index (χ0v) is 12.2. The van der Waals surface area contributed by atoms with Gasteiger partial charge in [-0.3, -0.25) is 0 Å². The highest BCUT2D eigenvalue weighted by atomic mass is 35.5. The number of benzene rings is 1. The fourth-order valence-electron chi connectivity index (χ4n) is 1.67. The minimum absolute atomic E-state index is 0. The SMILES string of the molecule is CC[NH+](CC)CCO/N=C(\C)c1ccccc1.[Cl-]. The Morgan fingerprint density at radius 3 is 2.33 bits per heavy atom. The van der Waals surface area contributed by atoms with Crippen LogP contribution in [0.3, 0.4) is 0 Å². The first-order valence-corrected chi connectivity index (χ1v) is 6.33. The lowest BCUT2D eigenvalue weighted by Crippen LogP contribution is -3.11. The molecule has 0 aliphatic rings. The van der Waals surface area contributed by atoms with Crippen molar-refractivity contribution in [2.24, 2.45) is 5.16 Å². The third-order valence-electron chi connectivity index (χ3n) is 2.94. The largest absolute Gasteiger partial charge is 1.00 e. The lowest BCUT2D eigenvalue weighted by molar-refractivity contribution is -0.896. The van der Waals surface area contributed by atoms with Crippen molar-refractivity contribution in [1.82, 2.24) is 0 Å². The summed E-state index contributed by atoms with van der Waals surface area (Å²) in [5, 5.41) is 4.14. The molecule has 1 aromatic rings. The molecule has 18 heavy (non-hydrogen) atoms. The molecular formula is C14H23ClN2O. The highest BCUT2D eigenvalue weighted by molar-refractivity contribution is 5.98. The Bertz CT molecular complexity index is 337. The topological polar surface area (TPSA) is 26.0 Å². The Morgan fingerprint density at radius 1 is 1.17 bits per heavy atom.